The second-order valence-electron chi connectivity index (χ2n) is 4.00. The van der Waals surface area contributed by atoms with Gasteiger partial charge in [0, 0.05) is 18.4 Å². The molecule has 2 aromatic rings. The van der Waals surface area contributed by atoms with Gasteiger partial charge in [-0.15, -0.1) is 0 Å². The lowest BCUT2D eigenvalue weighted by molar-refractivity contribution is 0.525. The number of hydrogen-bond acceptors (Lipinski definition) is 2. The predicted octanol–water partition coefficient (Wildman–Crippen LogP) is 3.04. The van der Waals surface area contributed by atoms with Crippen molar-refractivity contribution in [2.75, 3.05) is 0 Å². The Kier molecular flexibility index (Phi) is 2.52. The maximum atomic E-state index is 4.58. The van der Waals surface area contributed by atoms with E-state index in [2.05, 4.69) is 30.5 Å². The zero-order valence-electron chi connectivity index (χ0n) is 8.86. The van der Waals surface area contributed by atoms with Crippen molar-refractivity contribution >= 4 is 15.9 Å². The van der Waals surface area contributed by atoms with Gasteiger partial charge in [-0.25, -0.2) is 4.98 Å². The second kappa shape index (κ2) is 4.01. The molecule has 0 amide bonds. The van der Waals surface area contributed by atoms with Crippen LogP contribution < -0.4 is 0 Å². The fourth-order valence-corrected chi connectivity index (χ4v) is 2.78. The van der Waals surface area contributed by atoms with Gasteiger partial charge in [-0.05, 0) is 47.3 Å². The summed E-state index contributed by atoms with van der Waals surface area (Å²) < 4.78 is 3.19. The van der Waals surface area contributed by atoms with Crippen LogP contribution in [-0.2, 0) is 13.0 Å². The monoisotopic (exact) mass is 277 g/mol. The minimum Gasteiger partial charge on any atom is -0.322 e. The van der Waals surface area contributed by atoms with Gasteiger partial charge < -0.3 is 4.57 Å². The summed E-state index contributed by atoms with van der Waals surface area (Å²) in [5.41, 5.74) is 3.32. The standard InChI is InChI=1S/C12H12BrN3/c13-12-15-11(9-5-1-3-7-14-9)10-6-2-4-8-16(10)12/h1,3,5,7H,2,4,6,8H2. The summed E-state index contributed by atoms with van der Waals surface area (Å²) in [5, 5.41) is 0. The molecule has 3 rings (SSSR count). The van der Waals surface area contributed by atoms with Crippen molar-refractivity contribution in [1.82, 2.24) is 14.5 Å². The van der Waals surface area contributed by atoms with Crippen LogP contribution in [0, 0.1) is 0 Å². The number of fused-ring (bicyclic) bond motifs is 1. The number of imidazole rings is 1. The van der Waals surface area contributed by atoms with Crippen LogP contribution in [0.25, 0.3) is 11.4 Å². The van der Waals surface area contributed by atoms with E-state index in [1.54, 1.807) is 0 Å². The van der Waals surface area contributed by atoms with E-state index in [0.29, 0.717) is 0 Å². The summed E-state index contributed by atoms with van der Waals surface area (Å²) in [6.45, 7) is 1.07. The summed E-state index contributed by atoms with van der Waals surface area (Å²) >= 11 is 3.52. The summed E-state index contributed by atoms with van der Waals surface area (Å²) in [7, 11) is 0. The minimum absolute atomic E-state index is 0.933. The molecule has 16 heavy (non-hydrogen) atoms. The Bertz CT molecular complexity index is 504. The lowest BCUT2D eigenvalue weighted by atomic mass is 10.1. The van der Waals surface area contributed by atoms with Crippen molar-refractivity contribution in [3.05, 3.63) is 34.8 Å². The third kappa shape index (κ3) is 1.57. The Morgan fingerprint density at radius 2 is 2.19 bits per heavy atom. The van der Waals surface area contributed by atoms with E-state index < -0.39 is 0 Å². The van der Waals surface area contributed by atoms with Crippen LogP contribution in [0.3, 0.4) is 0 Å². The number of pyridine rings is 1. The van der Waals surface area contributed by atoms with Crippen molar-refractivity contribution in [3.63, 3.8) is 0 Å². The first kappa shape index (κ1) is 10.0. The third-order valence-corrected chi connectivity index (χ3v) is 3.58. The molecule has 0 fully saturated rings. The molecule has 0 spiro atoms. The predicted molar refractivity (Wildman–Crippen MR) is 66.1 cm³/mol. The molecule has 0 radical (unpaired) electrons. The molecule has 1 aliphatic rings. The largest absolute Gasteiger partial charge is 0.322 e. The molecule has 0 saturated heterocycles. The maximum Gasteiger partial charge on any atom is 0.177 e. The molecule has 0 unspecified atom stereocenters. The quantitative estimate of drug-likeness (QED) is 0.802. The highest BCUT2D eigenvalue weighted by molar-refractivity contribution is 9.10. The van der Waals surface area contributed by atoms with E-state index in [-0.39, 0.29) is 0 Å². The van der Waals surface area contributed by atoms with E-state index in [0.717, 1.165) is 29.1 Å². The van der Waals surface area contributed by atoms with Crippen molar-refractivity contribution in [2.45, 2.75) is 25.8 Å². The Balaban J connectivity index is 2.15. The first-order valence-corrected chi connectivity index (χ1v) is 6.32. The topological polar surface area (TPSA) is 30.7 Å². The Labute approximate surface area is 103 Å². The van der Waals surface area contributed by atoms with E-state index >= 15 is 0 Å². The fraction of sp³-hybridized carbons (Fsp3) is 0.333. The van der Waals surface area contributed by atoms with Crippen molar-refractivity contribution < 1.29 is 0 Å². The SMILES string of the molecule is Brc1nc(-c2ccccn2)c2n1CCCC2. The molecular weight excluding hydrogens is 266 g/mol. The normalized spacial score (nSPS) is 14.8. The molecule has 0 atom stereocenters. The number of aromatic nitrogens is 3. The molecule has 0 aliphatic carbocycles. The van der Waals surface area contributed by atoms with Gasteiger partial charge in [0.05, 0.1) is 5.69 Å². The highest BCUT2D eigenvalue weighted by atomic mass is 79.9. The highest BCUT2D eigenvalue weighted by Crippen LogP contribution is 2.29. The van der Waals surface area contributed by atoms with E-state index in [9.17, 15) is 0 Å². The van der Waals surface area contributed by atoms with E-state index in [4.69, 9.17) is 0 Å². The van der Waals surface area contributed by atoms with Crippen molar-refractivity contribution in [1.29, 1.82) is 0 Å². The molecule has 0 aromatic carbocycles. The smallest absolute Gasteiger partial charge is 0.177 e. The zero-order chi connectivity index (χ0) is 11.0. The van der Waals surface area contributed by atoms with Crippen LogP contribution in [0.4, 0.5) is 0 Å². The number of nitrogens with zero attached hydrogens (tertiary/aromatic N) is 3. The van der Waals surface area contributed by atoms with Gasteiger partial charge in [0.2, 0.25) is 0 Å². The van der Waals surface area contributed by atoms with Gasteiger partial charge in [0.15, 0.2) is 4.73 Å². The number of hydrogen-bond donors (Lipinski definition) is 0. The summed E-state index contributed by atoms with van der Waals surface area (Å²) in [4.78, 5) is 8.95. The Morgan fingerprint density at radius 1 is 1.25 bits per heavy atom. The lowest BCUT2D eigenvalue weighted by Crippen LogP contribution is -2.10. The first-order chi connectivity index (χ1) is 7.86. The fourth-order valence-electron chi connectivity index (χ4n) is 2.21. The summed E-state index contributed by atoms with van der Waals surface area (Å²) in [6.07, 6.45) is 5.41. The maximum absolute atomic E-state index is 4.58. The van der Waals surface area contributed by atoms with Gasteiger partial charge in [-0.1, -0.05) is 6.07 Å². The molecule has 82 valence electrons. The Hall–Kier alpha value is -1.16. The van der Waals surface area contributed by atoms with E-state index in [1.165, 1.54) is 18.5 Å². The van der Waals surface area contributed by atoms with Gasteiger partial charge in [0.25, 0.3) is 0 Å². The van der Waals surface area contributed by atoms with Crippen LogP contribution >= 0.6 is 15.9 Å². The van der Waals surface area contributed by atoms with Crippen molar-refractivity contribution in [2.24, 2.45) is 0 Å². The van der Waals surface area contributed by atoms with Gasteiger partial charge in [-0.3, -0.25) is 4.98 Å². The van der Waals surface area contributed by atoms with E-state index in [1.807, 2.05) is 24.4 Å². The number of rotatable bonds is 1. The number of halogens is 1. The lowest BCUT2D eigenvalue weighted by Gasteiger charge is -2.15. The Morgan fingerprint density at radius 3 is 3.00 bits per heavy atom. The average molecular weight is 278 g/mol. The highest BCUT2D eigenvalue weighted by Gasteiger charge is 2.19. The third-order valence-electron chi connectivity index (χ3n) is 2.98. The molecule has 0 N–H and O–H groups in total. The molecule has 0 bridgehead atoms. The molecule has 3 nitrogen and oxygen atoms in total. The van der Waals surface area contributed by atoms with Crippen LogP contribution in [0.5, 0.6) is 0 Å². The van der Waals surface area contributed by atoms with Crippen LogP contribution in [0.1, 0.15) is 18.5 Å². The van der Waals surface area contributed by atoms with Gasteiger partial charge in [0.1, 0.15) is 5.69 Å². The van der Waals surface area contributed by atoms with Crippen LogP contribution in [0.15, 0.2) is 29.1 Å². The van der Waals surface area contributed by atoms with Crippen molar-refractivity contribution in [3.8, 4) is 11.4 Å². The molecule has 4 heteroatoms. The van der Waals surface area contributed by atoms with Gasteiger partial charge >= 0.3 is 0 Å². The summed E-state index contributed by atoms with van der Waals surface area (Å²) in [5.74, 6) is 0. The van der Waals surface area contributed by atoms with Crippen LogP contribution in [0.2, 0.25) is 0 Å². The molecule has 3 heterocycles. The average Bonchev–Trinajstić information content (AvgIpc) is 2.69. The molecular formula is C12H12BrN3. The summed E-state index contributed by atoms with van der Waals surface area (Å²) in [6, 6.07) is 5.95. The van der Waals surface area contributed by atoms with Crippen LogP contribution in [-0.4, -0.2) is 14.5 Å². The molecule has 2 aromatic heterocycles. The second-order valence-corrected chi connectivity index (χ2v) is 4.71. The zero-order valence-corrected chi connectivity index (χ0v) is 10.4. The first-order valence-electron chi connectivity index (χ1n) is 5.52. The molecule has 0 saturated carbocycles. The molecule has 1 aliphatic heterocycles. The minimum atomic E-state index is 0.933. The van der Waals surface area contributed by atoms with Gasteiger partial charge in [-0.2, -0.15) is 0 Å².